The van der Waals surface area contributed by atoms with Crippen LogP contribution in [0.25, 0.3) is 10.9 Å². The predicted molar refractivity (Wildman–Crippen MR) is 49.7 cm³/mol. The highest BCUT2D eigenvalue weighted by molar-refractivity contribution is 5.89. The van der Waals surface area contributed by atoms with Crippen LogP contribution in [-0.4, -0.2) is 9.91 Å². The molecule has 0 aliphatic rings. The van der Waals surface area contributed by atoms with E-state index in [2.05, 4.69) is 4.98 Å². The zero-order valence-electron chi connectivity index (χ0n) is 7.07. The Balaban J connectivity index is 2.76. The van der Waals surface area contributed by atoms with E-state index in [1.165, 1.54) is 6.20 Å². The summed E-state index contributed by atoms with van der Waals surface area (Å²) in [6, 6.07) is 5.52. The number of nitrogens with one attached hydrogen (secondary N) is 1. The number of H-pyrrole nitrogens is 1. The fourth-order valence-electron chi connectivity index (χ4n) is 1.38. The molecule has 0 spiro atoms. The van der Waals surface area contributed by atoms with E-state index >= 15 is 0 Å². The number of rotatable bonds is 1. The van der Waals surface area contributed by atoms with E-state index in [1.54, 1.807) is 6.07 Å². The highest BCUT2D eigenvalue weighted by Gasteiger charge is 2.12. The van der Waals surface area contributed by atoms with Gasteiger partial charge >= 0.3 is 0 Å². The molecule has 0 aliphatic carbocycles. The van der Waals surface area contributed by atoms with Gasteiger partial charge in [0, 0.05) is 0 Å². The van der Waals surface area contributed by atoms with Crippen molar-refractivity contribution >= 4 is 16.6 Å². The molecule has 4 heteroatoms. The lowest BCUT2D eigenvalue weighted by molar-refractivity contribution is -0.383. The molecule has 0 fully saturated rings. The molecule has 0 bridgehead atoms. The Morgan fingerprint density at radius 3 is 2.92 bits per heavy atom. The minimum absolute atomic E-state index is 0.134. The van der Waals surface area contributed by atoms with Crippen molar-refractivity contribution in [3.8, 4) is 0 Å². The first-order valence-corrected chi connectivity index (χ1v) is 3.90. The number of hydrogen-bond donors (Lipinski definition) is 1. The molecular formula is C9H8N2O2. The molecule has 1 aromatic carbocycles. The van der Waals surface area contributed by atoms with Crippen LogP contribution >= 0.6 is 0 Å². The standard InChI is InChI=1S/C9H8N2O2/c1-6-2-3-7-8(4-6)10-5-9(7)11(12)13/h2-5,10H,1H3. The second-order valence-electron chi connectivity index (χ2n) is 2.98. The van der Waals surface area contributed by atoms with E-state index in [1.807, 2.05) is 19.1 Å². The van der Waals surface area contributed by atoms with Crippen molar-refractivity contribution in [3.05, 3.63) is 40.1 Å². The molecule has 0 unspecified atom stereocenters. The summed E-state index contributed by atoms with van der Waals surface area (Å²) < 4.78 is 0. The van der Waals surface area contributed by atoms with Crippen LogP contribution in [0.15, 0.2) is 24.4 Å². The molecule has 4 nitrogen and oxygen atoms in total. The Morgan fingerprint density at radius 1 is 1.46 bits per heavy atom. The highest BCUT2D eigenvalue weighted by atomic mass is 16.6. The van der Waals surface area contributed by atoms with Crippen molar-refractivity contribution in [2.24, 2.45) is 0 Å². The first-order chi connectivity index (χ1) is 6.18. The van der Waals surface area contributed by atoms with Crippen molar-refractivity contribution in [3.63, 3.8) is 0 Å². The second kappa shape index (κ2) is 2.58. The Bertz CT molecular complexity index is 473. The Labute approximate surface area is 74.3 Å². The minimum atomic E-state index is -0.381. The van der Waals surface area contributed by atoms with Crippen molar-refractivity contribution in [2.45, 2.75) is 6.92 Å². The third-order valence-electron chi connectivity index (χ3n) is 2.01. The molecule has 2 rings (SSSR count). The molecule has 13 heavy (non-hydrogen) atoms. The number of aromatic nitrogens is 1. The zero-order chi connectivity index (χ0) is 9.42. The topological polar surface area (TPSA) is 58.9 Å². The first-order valence-electron chi connectivity index (χ1n) is 3.90. The van der Waals surface area contributed by atoms with Crippen LogP contribution in [0, 0.1) is 17.0 Å². The van der Waals surface area contributed by atoms with Gasteiger partial charge in [-0.25, -0.2) is 0 Å². The maximum atomic E-state index is 10.5. The zero-order valence-corrected chi connectivity index (χ0v) is 7.07. The van der Waals surface area contributed by atoms with Crippen molar-refractivity contribution < 1.29 is 4.92 Å². The summed E-state index contributed by atoms with van der Waals surface area (Å²) in [5.41, 5.74) is 2.03. The lowest BCUT2D eigenvalue weighted by Gasteiger charge is -1.91. The summed E-state index contributed by atoms with van der Waals surface area (Å²) in [4.78, 5) is 13.0. The summed E-state index contributed by atoms with van der Waals surface area (Å²) in [5.74, 6) is 0. The number of nitrogens with zero attached hydrogens (tertiary/aromatic N) is 1. The van der Waals surface area contributed by atoms with Gasteiger partial charge in [-0.2, -0.15) is 0 Å². The van der Waals surface area contributed by atoms with Gasteiger partial charge < -0.3 is 4.98 Å². The molecule has 0 aliphatic heterocycles. The Kier molecular flexibility index (Phi) is 1.55. The highest BCUT2D eigenvalue weighted by Crippen LogP contribution is 2.25. The second-order valence-corrected chi connectivity index (χ2v) is 2.98. The van der Waals surface area contributed by atoms with Crippen molar-refractivity contribution in [2.75, 3.05) is 0 Å². The quantitative estimate of drug-likeness (QED) is 0.535. The molecule has 0 saturated heterocycles. The van der Waals surface area contributed by atoms with Crippen LogP contribution in [0.1, 0.15) is 5.56 Å². The summed E-state index contributed by atoms with van der Waals surface area (Å²) in [7, 11) is 0. The van der Waals surface area contributed by atoms with Gasteiger partial charge in [0.25, 0.3) is 5.69 Å². The van der Waals surface area contributed by atoms with E-state index in [9.17, 15) is 10.1 Å². The van der Waals surface area contributed by atoms with Crippen LogP contribution in [0.2, 0.25) is 0 Å². The number of aryl methyl sites for hydroxylation is 1. The maximum Gasteiger partial charge on any atom is 0.294 e. The van der Waals surface area contributed by atoms with Crippen LogP contribution < -0.4 is 0 Å². The fourth-order valence-corrected chi connectivity index (χ4v) is 1.38. The maximum absolute atomic E-state index is 10.5. The molecule has 66 valence electrons. The molecule has 0 atom stereocenters. The van der Waals surface area contributed by atoms with Gasteiger partial charge in [0.1, 0.15) is 0 Å². The smallest absolute Gasteiger partial charge is 0.294 e. The Morgan fingerprint density at radius 2 is 2.23 bits per heavy atom. The summed E-state index contributed by atoms with van der Waals surface area (Å²) in [6.45, 7) is 1.95. The molecule has 1 aromatic heterocycles. The van der Waals surface area contributed by atoms with Gasteiger partial charge in [0.15, 0.2) is 0 Å². The average molecular weight is 176 g/mol. The van der Waals surface area contributed by atoms with E-state index in [-0.39, 0.29) is 10.6 Å². The fraction of sp³-hybridized carbons (Fsp3) is 0.111. The number of nitro groups is 1. The Hall–Kier alpha value is -1.84. The van der Waals surface area contributed by atoms with Gasteiger partial charge in [-0.15, -0.1) is 0 Å². The van der Waals surface area contributed by atoms with E-state index in [0.717, 1.165) is 11.1 Å². The van der Waals surface area contributed by atoms with Gasteiger partial charge in [-0.05, 0) is 24.6 Å². The SMILES string of the molecule is Cc1ccc2c([N+](=O)[O-])c[nH]c2c1. The normalized spacial score (nSPS) is 10.5. The van der Waals surface area contributed by atoms with Crippen LogP contribution in [0.4, 0.5) is 5.69 Å². The van der Waals surface area contributed by atoms with Crippen LogP contribution in [0.3, 0.4) is 0 Å². The molecule has 0 radical (unpaired) electrons. The lowest BCUT2D eigenvalue weighted by atomic mass is 10.2. The van der Waals surface area contributed by atoms with Gasteiger partial charge in [-0.1, -0.05) is 6.07 Å². The van der Waals surface area contributed by atoms with Gasteiger partial charge in [0.05, 0.1) is 22.0 Å². The average Bonchev–Trinajstić information content (AvgIpc) is 2.46. The molecule has 2 aromatic rings. The summed E-state index contributed by atoms with van der Waals surface area (Å²) in [6.07, 6.45) is 1.42. The monoisotopic (exact) mass is 176 g/mol. The van der Waals surface area contributed by atoms with Crippen molar-refractivity contribution in [1.82, 2.24) is 4.98 Å². The van der Waals surface area contributed by atoms with Crippen LogP contribution in [0.5, 0.6) is 0 Å². The molecule has 0 amide bonds. The molecular weight excluding hydrogens is 168 g/mol. The molecule has 0 saturated carbocycles. The lowest BCUT2D eigenvalue weighted by Crippen LogP contribution is -1.84. The summed E-state index contributed by atoms with van der Waals surface area (Å²) >= 11 is 0. The van der Waals surface area contributed by atoms with Gasteiger partial charge in [0.2, 0.25) is 0 Å². The van der Waals surface area contributed by atoms with E-state index in [0.29, 0.717) is 5.39 Å². The largest absolute Gasteiger partial charge is 0.355 e. The van der Waals surface area contributed by atoms with E-state index < -0.39 is 0 Å². The van der Waals surface area contributed by atoms with Crippen molar-refractivity contribution in [1.29, 1.82) is 0 Å². The summed E-state index contributed by atoms with van der Waals surface area (Å²) in [5, 5.41) is 11.2. The molecule has 1 N–H and O–H groups in total. The number of aromatic amines is 1. The van der Waals surface area contributed by atoms with Gasteiger partial charge in [-0.3, -0.25) is 10.1 Å². The number of benzene rings is 1. The first kappa shape index (κ1) is 7.79. The third-order valence-corrected chi connectivity index (χ3v) is 2.01. The third kappa shape index (κ3) is 1.16. The minimum Gasteiger partial charge on any atom is -0.355 e. The predicted octanol–water partition coefficient (Wildman–Crippen LogP) is 2.38. The van der Waals surface area contributed by atoms with Crippen LogP contribution in [-0.2, 0) is 0 Å². The number of hydrogen-bond acceptors (Lipinski definition) is 2. The molecule has 1 heterocycles. The number of fused-ring (bicyclic) bond motifs is 1. The van der Waals surface area contributed by atoms with E-state index in [4.69, 9.17) is 0 Å².